The van der Waals surface area contributed by atoms with Crippen molar-refractivity contribution in [3.8, 4) is 5.75 Å². The molecule has 0 fully saturated rings. The van der Waals surface area contributed by atoms with Gasteiger partial charge in [-0.3, -0.25) is 4.79 Å². The van der Waals surface area contributed by atoms with E-state index < -0.39 is 0 Å². The Hall–Kier alpha value is -2.40. The Balaban J connectivity index is 1.72. The van der Waals surface area contributed by atoms with Crippen molar-refractivity contribution >= 4 is 33.5 Å². The lowest BCUT2D eigenvalue weighted by Gasteiger charge is -2.12. The molecule has 3 aromatic rings. The predicted molar refractivity (Wildman–Crippen MR) is 83.3 cm³/mol. The fourth-order valence-corrected chi connectivity index (χ4v) is 3.52. The molecule has 4 rings (SSSR count). The highest BCUT2D eigenvalue weighted by atomic mass is 32.1. The maximum absolute atomic E-state index is 10.9. The molecule has 1 aromatic carbocycles. The van der Waals surface area contributed by atoms with Crippen molar-refractivity contribution in [3.05, 3.63) is 53.0 Å². The topological polar surface area (TPSA) is 51.2 Å². The van der Waals surface area contributed by atoms with Crippen LogP contribution >= 0.6 is 11.3 Å². The number of carbonyl (C=O) groups is 1. The monoisotopic (exact) mass is 296 g/mol. The van der Waals surface area contributed by atoms with E-state index in [4.69, 9.17) is 4.74 Å². The van der Waals surface area contributed by atoms with Crippen molar-refractivity contribution in [3.63, 3.8) is 0 Å². The van der Waals surface area contributed by atoms with Gasteiger partial charge >= 0.3 is 0 Å². The summed E-state index contributed by atoms with van der Waals surface area (Å²) in [6, 6.07) is 11.9. The molecule has 1 N–H and O–H groups in total. The summed E-state index contributed by atoms with van der Waals surface area (Å²) >= 11 is 1.45. The van der Waals surface area contributed by atoms with Gasteiger partial charge in [-0.15, -0.1) is 11.3 Å². The average molecular weight is 296 g/mol. The molecule has 1 aliphatic rings. The zero-order valence-corrected chi connectivity index (χ0v) is 11.9. The summed E-state index contributed by atoms with van der Waals surface area (Å²) in [4.78, 5) is 16.1. The summed E-state index contributed by atoms with van der Waals surface area (Å²) in [6.45, 7) is 0.587. The smallest absolute Gasteiger partial charge is 0.160 e. The predicted octanol–water partition coefficient (Wildman–Crippen LogP) is 3.65. The van der Waals surface area contributed by atoms with Crippen molar-refractivity contribution in [2.75, 3.05) is 11.9 Å². The Morgan fingerprint density at radius 2 is 2.24 bits per heavy atom. The van der Waals surface area contributed by atoms with Gasteiger partial charge in [0.25, 0.3) is 0 Å². The van der Waals surface area contributed by atoms with Gasteiger partial charge < -0.3 is 10.1 Å². The number of nitrogens with one attached hydrogen (secondary N) is 1. The second-order valence-electron chi connectivity index (χ2n) is 4.89. The van der Waals surface area contributed by atoms with Gasteiger partial charge in [-0.05, 0) is 23.6 Å². The minimum atomic E-state index is 0.0843. The van der Waals surface area contributed by atoms with Crippen molar-refractivity contribution in [1.82, 2.24) is 4.98 Å². The van der Waals surface area contributed by atoms with E-state index in [1.165, 1.54) is 11.3 Å². The zero-order chi connectivity index (χ0) is 14.2. The number of thiophene rings is 1. The van der Waals surface area contributed by atoms with E-state index >= 15 is 0 Å². The number of nitrogens with zero attached hydrogens (tertiary/aromatic N) is 1. The van der Waals surface area contributed by atoms with Crippen LogP contribution in [-0.2, 0) is 0 Å². The molecule has 1 atom stereocenters. The molecular formula is C16H12N2O2S. The fraction of sp³-hybridized carbons (Fsp3) is 0.125. The summed E-state index contributed by atoms with van der Waals surface area (Å²) in [7, 11) is 0. The minimum Gasteiger partial charge on any atom is -0.491 e. The fourth-order valence-electron chi connectivity index (χ4n) is 2.59. The summed E-state index contributed by atoms with van der Waals surface area (Å²) in [5.74, 6) is 1.72. The van der Waals surface area contributed by atoms with Crippen molar-refractivity contribution in [1.29, 1.82) is 0 Å². The van der Waals surface area contributed by atoms with E-state index in [0.717, 1.165) is 33.5 Å². The van der Waals surface area contributed by atoms with Gasteiger partial charge in [0.05, 0.1) is 15.6 Å². The molecule has 0 radical (unpaired) electrons. The van der Waals surface area contributed by atoms with E-state index in [9.17, 15) is 4.79 Å². The number of benzene rings is 1. The Kier molecular flexibility index (Phi) is 2.86. The van der Waals surface area contributed by atoms with Crippen LogP contribution in [0.3, 0.4) is 0 Å². The maximum Gasteiger partial charge on any atom is 0.160 e. The molecule has 0 saturated heterocycles. The first kappa shape index (κ1) is 12.3. The van der Waals surface area contributed by atoms with Crippen molar-refractivity contribution < 1.29 is 9.53 Å². The standard InChI is InChI=1S/C16H12N2O2S/c19-8-11-7-10-5-6-17-16(15(10)21-11)18-13-9-20-14-4-2-1-3-12(13)14/h1-8,13H,9H2,(H,17,18)/t13-/m1/s1. The van der Waals surface area contributed by atoms with Gasteiger partial charge in [-0.1, -0.05) is 18.2 Å². The second kappa shape index (κ2) is 4.86. The number of carbonyl (C=O) groups excluding carboxylic acids is 1. The number of pyridine rings is 1. The summed E-state index contributed by atoms with van der Waals surface area (Å²) in [5.41, 5.74) is 1.14. The quantitative estimate of drug-likeness (QED) is 0.749. The molecule has 104 valence electrons. The highest BCUT2D eigenvalue weighted by Crippen LogP contribution is 2.36. The minimum absolute atomic E-state index is 0.0843. The van der Waals surface area contributed by atoms with E-state index in [1.54, 1.807) is 6.20 Å². The van der Waals surface area contributed by atoms with Gasteiger partial charge in [-0.25, -0.2) is 4.98 Å². The van der Waals surface area contributed by atoms with E-state index in [1.807, 2.05) is 30.3 Å². The molecule has 0 bridgehead atoms. The zero-order valence-electron chi connectivity index (χ0n) is 11.1. The number of rotatable bonds is 3. The Bertz CT molecular complexity index is 828. The molecule has 4 nitrogen and oxygen atoms in total. The number of aromatic nitrogens is 1. The van der Waals surface area contributed by atoms with Crippen molar-refractivity contribution in [2.24, 2.45) is 0 Å². The lowest BCUT2D eigenvalue weighted by Crippen LogP contribution is -2.12. The third-order valence-electron chi connectivity index (χ3n) is 3.58. The summed E-state index contributed by atoms with van der Waals surface area (Å²) < 4.78 is 6.68. The van der Waals surface area contributed by atoms with E-state index in [0.29, 0.717) is 11.5 Å². The molecule has 21 heavy (non-hydrogen) atoms. The Morgan fingerprint density at radius 1 is 1.33 bits per heavy atom. The molecule has 2 aromatic heterocycles. The van der Waals surface area contributed by atoms with Crippen molar-refractivity contribution in [2.45, 2.75) is 6.04 Å². The SMILES string of the molecule is O=Cc1cc2ccnc(N[C@@H]3COc4ccccc43)c2s1. The number of ether oxygens (including phenoxy) is 1. The van der Waals surface area contributed by atoms with Crippen LogP contribution in [-0.4, -0.2) is 17.9 Å². The molecule has 0 spiro atoms. The van der Waals surface area contributed by atoms with Crippen LogP contribution in [0.2, 0.25) is 0 Å². The van der Waals surface area contributed by atoms with Gasteiger partial charge in [0.1, 0.15) is 18.2 Å². The third-order valence-corrected chi connectivity index (χ3v) is 4.66. The number of anilines is 1. The van der Waals surface area contributed by atoms with Crippen LogP contribution in [0.5, 0.6) is 5.75 Å². The summed E-state index contributed by atoms with van der Waals surface area (Å²) in [5, 5.41) is 4.47. The van der Waals surface area contributed by atoms with Gasteiger partial charge in [0.15, 0.2) is 6.29 Å². The first-order valence-corrected chi connectivity index (χ1v) is 7.49. The molecule has 3 heterocycles. The number of fused-ring (bicyclic) bond motifs is 2. The van der Waals surface area contributed by atoms with Crippen LogP contribution < -0.4 is 10.1 Å². The average Bonchev–Trinajstić information content (AvgIpc) is 3.12. The first-order chi connectivity index (χ1) is 10.3. The molecule has 0 aliphatic carbocycles. The lowest BCUT2D eigenvalue weighted by atomic mass is 10.1. The molecular weight excluding hydrogens is 284 g/mol. The number of hydrogen-bond donors (Lipinski definition) is 1. The molecule has 5 heteroatoms. The highest BCUT2D eigenvalue weighted by molar-refractivity contribution is 7.21. The number of hydrogen-bond acceptors (Lipinski definition) is 5. The molecule has 0 amide bonds. The van der Waals surface area contributed by atoms with E-state index in [-0.39, 0.29) is 6.04 Å². The van der Waals surface area contributed by atoms with Gasteiger partial charge in [0.2, 0.25) is 0 Å². The molecule has 1 aliphatic heterocycles. The lowest BCUT2D eigenvalue weighted by molar-refractivity contribution is 0.112. The Morgan fingerprint density at radius 3 is 3.14 bits per heavy atom. The van der Waals surface area contributed by atoms with Crippen LogP contribution in [0, 0.1) is 0 Å². The Labute approximate surface area is 125 Å². The van der Waals surface area contributed by atoms with Crippen LogP contribution in [0.1, 0.15) is 21.3 Å². The normalized spacial score (nSPS) is 16.5. The van der Waals surface area contributed by atoms with E-state index in [2.05, 4.69) is 16.4 Å². The van der Waals surface area contributed by atoms with Crippen LogP contribution in [0.4, 0.5) is 5.82 Å². The number of para-hydroxylation sites is 1. The van der Waals surface area contributed by atoms with Crippen LogP contribution in [0.25, 0.3) is 10.1 Å². The molecule has 0 unspecified atom stereocenters. The molecule has 0 saturated carbocycles. The second-order valence-corrected chi connectivity index (χ2v) is 5.97. The summed E-state index contributed by atoms with van der Waals surface area (Å²) in [6.07, 6.45) is 2.64. The number of aldehydes is 1. The highest BCUT2D eigenvalue weighted by Gasteiger charge is 2.24. The van der Waals surface area contributed by atoms with Gasteiger partial charge in [-0.2, -0.15) is 0 Å². The first-order valence-electron chi connectivity index (χ1n) is 6.67. The maximum atomic E-state index is 10.9. The van der Waals surface area contributed by atoms with Crippen LogP contribution in [0.15, 0.2) is 42.6 Å². The largest absolute Gasteiger partial charge is 0.491 e. The van der Waals surface area contributed by atoms with Gasteiger partial charge in [0, 0.05) is 11.8 Å². The third kappa shape index (κ3) is 2.06.